The molecule has 0 aromatic rings. The molecule has 17 atom stereocenters. The second-order valence-electron chi connectivity index (χ2n) is 31.7. The van der Waals surface area contributed by atoms with Crippen LogP contribution in [0.5, 0.6) is 0 Å². The molecule has 0 aromatic carbocycles. The average molecular weight is 1500 g/mol. The molecule has 3 fully saturated rings. The van der Waals surface area contributed by atoms with Crippen molar-refractivity contribution in [3.8, 4) is 0 Å². The Labute approximate surface area is 638 Å². The van der Waals surface area contributed by atoms with Crippen LogP contribution >= 0.6 is 0 Å². The van der Waals surface area contributed by atoms with Gasteiger partial charge in [0.05, 0.1) is 38.6 Å². The van der Waals surface area contributed by atoms with E-state index in [1.54, 1.807) is 6.08 Å². The highest BCUT2D eigenvalue weighted by Gasteiger charge is 2.54. The number of carbonyl (C=O) groups is 1. The molecule has 0 radical (unpaired) electrons. The van der Waals surface area contributed by atoms with E-state index in [1.165, 1.54) is 315 Å². The number of carbonyl (C=O) groups excluding carboxylic acids is 1. The fourth-order valence-electron chi connectivity index (χ4n) is 15.2. The Morgan fingerprint density at radius 3 is 0.924 bits per heavy atom. The first-order chi connectivity index (χ1) is 51.3. The molecule has 105 heavy (non-hydrogen) atoms. The van der Waals surface area contributed by atoms with E-state index >= 15 is 0 Å². The van der Waals surface area contributed by atoms with Crippen LogP contribution in [0.4, 0.5) is 0 Å². The molecule has 0 aliphatic carbocycles. The summed E-state index contributed by atoms with van der Waals surface area (Å²) in [4.78, 5) is 13.5. The molecule has 0 saturated carbocycles. The number of hydrogen-bond donors (Lipinski definition) is 12. The molecule has 3 saturated heterocycles. The van der Waals surface area contributed by atoms with E-state index in [0.717, 1.165) is 44.9 Å². The molecular weight excluding hydrogens is 1330 g/mol. The van der Waals surface area contributed by atoms with E-state index in [0.29, 0.717) is 6.42 Å². The average Bonchev–Trinajstić information content (AvgIpc) is 0.780. The van der Waals surface area contributed by atoms with Gasteiger partial charge in [0.1, 0.15) is 73.2 Å². The molecule has 1 amide bonds. The molecule has 0 spiro atoms. The summed E-state index contributed by atoms with van der Waals surface area (Å²) in [5.74, 6) is -0.266. The molecule has 0 bridgehead atoms. The van der Waals surface area contributed by atoms with Crippen LogP contribution in [-0.4, -0.2) is 193 Å². The smallest absolute Gasteiger partial charge is 0.220 e. The highest BCUT2D eigenvalue weighted by Crippen LogP contribution is 2.34. The third-order valence-corrected chi connectivity index (χ3v) is 22.2. The summed E-state index contributed by atoms with van der Waals surface area (Å²) in [5.41, 5.74) is 0. The van der Waals surface area contributed by atoms with Crippen molar-refractivity contribution < 1.29 is 89.4 Å². The summed E-state index contributed by atoms with van der Waals surface area (Å²) < 4.78 is 34.5. The first kappa shape index (κ1) is 97.5. The number of amides is 1. The Balaban J connectivity index is 1.30. The maximum atomic E-state index is 13.5. The van der Waals surface area contributed by atoms with Crippen molar-refractivity contribution in [1.82, 2.24) is 5.32 Å². The molecule has 0 aromatic heterocycles. The second-order valence-corrected chi connectivity index (χ2v) is 31.7. The Kier molecular flexibility index (Phi) is 62.0. The molecule has 3 rings (SSSR count). The van der Waals surface area contributed by atoms with Gasteiger partial charge in [-0.1, -0.05) is 359 Å². The lowest BCUT2D eigenvalue weighted by atomic mass is 9.96. The standard InChI is InChI=1S/C86H163NO18/c1-3-5-7-9-11-13-15-17-19-21-23-25-26-27-28-29-30-31-32-33-34-35-36-37-38-39-40-41-42-44-46-48-50-52-54-56-58-60-62-64-74(92)87-69(70(91)63-61-59-57-55-53-51-49-47-45-43-24-22-20-18-16-14-12-10-8-6-4-2)68-100-84-80(98)77(95)82(72(66-89)102-84)105-86-81(99)78(96)83(73(67-90)103-86)104-85-79(97)76(94)75(93)71(65-88)101-85/h21,23,61,63,69-73,75-86,88-91,93-99H,3-20,22,24-60,62,64-68H2,1-2H3,(H,87,92)/b23-21-,63-61+. The molecule has 17 unspecified atom stereocenters. The number of hydrogen-bond acceptors (Lipinski definition) is 18. The van der Waals surface area contributed by atoms with Crippen molar-refractivity contribution in [3.63, 3.8) is 0 Å². The Morgan fingerprint density at radius 2 is 0.600 bits per heavy atom. The first-order valence-electron chi connectivity index (χ1n) is 44.1. The van der Waals surface area contributed by atoms with Gasteiger partial charge in [-0.05, 0) is 44.9 Å². The van der Waals surface area contributed by atoms with Crippen molar-refractivity contribution in [1.29, 1.82) is 0 Å². The fraction of sp³-hybridized carbons (Fsp3) is 0.942. The van der Waals surface area contributed by atoms with Gasteiger partial charge >= 0.3 is 0 Å². The molecule has 19 nitrogen and oxygen atoms in total. The predicted molar refractivity (Wildman–Crippen MR) is 420 cm³/mol. The van der Waals surface area contributed by atoms with Crippen LogP contribution in [-0.2, 0) is 33.2 Å². The van der Waals surface area contributed by atoms with Gasteiger partial charge in [-0.2, -0.15) is 0 Å². The van der Waals surface area contributed by atoms with Crippen LogP contribution in [0.1, 0.15) is 386 Å². The van der Waals surface area contributed by atoms with Crippen LogP contribution in [0, 0.1) is 0 Å². The maximum absolute atomic E-state index is 13.5. The zero-order chi connectivity index (χ0) is 76.0. The second kappa shape index (κ2) is 66.8. The van der Waals surface area contributed by atoms with Gasteiger partial charge in [0.15, 0.2) is 18.9 Å². The van der Waals surface area contributed by atoms with E-state index < -0.39 is 124 Å². The lowest BCUT2D eigenvalue weighted by molar-refractivity contribution is -0.379. The van der Waals surface area contributed by atoms with E-state index in [2.05, 4.69) is 31.3 Å². The Bertz CT molecular complexity index is 1990. The van der Waals surface area contributed by atoms with Gasteiger partial charge < -0.3 is 89.9 Å². The summed E-state index contributed by atoms with van der Waals surface area (Å²) in [6.45, 7) is 1.80. The van der Waals surface area contributed by atoms with Crippen LogP contribution in [0.25, 0.3) is 0 Å². The van der Waals surface area contributed by atoms with E-state index in [4.69, 9.17) is 28.4 Å². The highest BCUT2D eigenvalue weighted by atomic mass is 16.8. The number of unbranched alkanes of at least 4 members (excludes halogenated alkanes) is 54. The first-order valence-corrected chi connectivity index (χ1v) is 44.1. The maximum Gasteiger partial charge on any atom is 0.220 e. The lowest BCUT2D eigenvalue weighted by Gasteiger charge is -2.48. The molecule has 19 heteroatoms. The summed E-state index contributed by atoms with van der Waals surface area (Å²) in [6, 6.07) is -0.971. The summed E-state index contributed by atoms with van der Waals surface area (Å²) in [5, 5.41) is 121. The SMILES string of the molecule is CCCCCCCCCC/C=C\CCCCCCCCCCCCCCCCCCCCCCCCCCCCCC(=O)NC(COC1OC(CO)C(OC2OC(CO)C(OC3OC(CO)C(O)C(O)C3O)C(O)C2O)C(O)C1O)C(O)/C=C/CCCCCCCCCCCCCCCCCCCCC. The van der Waals surface area contributed by atoms with Crippen molar-refractivity contribution in [2.24, 2.45) is 0 Å². The van der Waals surface area contributed by atoms with Crippen molar-refractivity contribution in [2.75, 3.05) is 26.4 Å². The van der Waals surface area contributed by atoms with E-state index in [9.17, 15) is 61.0 Å². The number of allylic oxidation sites excluding steroid dienone is 3. The lowest BCUT2D eigenvalue weighted by Crippen LogP contribution is -2.66. The van der Waals surface area contributed by atoms with Crippen molar-refractivity contribution in [2.45, 2.75) is 491 Å². The number of ether oxygens (including phenoxy) is 6. The van der Waals surface area contributed by atoms with Crippen LogP contribution in [0.3, 0.4) is 0 Å². The largest absolute Gasteiger partial charge is 0.394 e. The molecule has 3 aliphatic heterocycles. The molecular formula is C86H163NO18. The Hall–Kier alpha value is -1.73. The normalized spacial score (nSPS) is 25.8. The van der Waals surface area contributed by atoms with Crippen molar-refractivity contribution >= 4 is 5.91 Å². The zero-order valence-electron chi connectivity index (χ0n) is 66.7. The van der Waals surface area contributed by atoms with Gasteiger partial charge in [0.25, 0.3) is 0 Å². The van der Waals surface area contributed by atoms with E-state index in [-0.39, 0.29) is 18.9 Å². The molecule has 3 aliphatic rings. The van der Waals surface area contributed by atoms with Crippen molar-refractivity contribution in [3.05, 3.63) is 24.3 Å². The van der Waals surface area contributed by atoms with Gasteiger partial charge in [0.2, 0.25) is 5.91 Å². The quantitative estimate of drug-likeness (QED) is 0.0199. The third kappa shape index (κ3) is 46.1. The number of aliphatic hydroxyl groups excluding tert-OH is 11. The predicted octanol–water partition coefficient (Wildman–Crippen LogP) is 16.1. The number of aliphatic hydroxyl groups is 11. The summed E-state index contributed by atoms with van der Waals surface area (Å²) >= 11 is 0. The topological polar surface area (TPSA) is 307 Å². The van der Waals surface area contributed by atoms with Gasteiger partial charge in [-0.3, -0.25) is 4.79 Å². The van der Waals surface area contributed by atoms with E-state index in [1.807, 2.05) is 6.08 Å². The third-order valence-electron chi connectivity index (χ3n) is 22.2. The van der Waals surface area contributed by atoms with Crippen LogP contribution < -0.4 is 5.32 Å². The minimum atomic E-state index is -1.98. The van der Waals surface area contributed by atoms with Crippen LogP contribution in [0.15, 0.2) is 24.3 Å². The number of nitrogens with one attached hydrogen (secondary N) is 1. The molecule has 620 valence electrons. The van der Waals surface area contributed by atoms with Gasteiger partial charge in [0, 0.05) is 6.42 Å². The zero-order valence-corrected chi connectivity index (χ0v) is 66.7. The summed E-state index contributed by atoms with van der Waals surface area (Å²) in [6.07, 6.45) is 56.3. The minimum Gasteiger partial charge on any atom is -0.394 e. The highest BCUT2D eigenvalue weighted by molar-refractivity contribution is 5.76. The van der Waals surface area contributed by atoms with Crippen LogP contribution in [0.2, 0.25) is 0 Å². The summed E-state index contributed by atoms with van der Waals surface area (Å²) in [7, 11) is 0. The van der Waals surface area contributed by atoms with Gasteiger partial charge in [-0.15, -0.1) is 0 Å². The van der Waals surface area contributed by atoms with Gasteiger partial charge in [-0.25, -0.2) is 0 Å². The number of rotatable bonds is 72. The Morgan fingerprint density at radius 1 is 0.333 bits per heavy atom. The molecule has 3 heterocycles. The molecule has 12 N–H and O–H groups in total. The minimum absolute atomic E-state index is 0.249. The monoisotopic (exact) mass is 1500 g/mol. The fourth-order valence-corrected chi connectivity index (χ4v) is 15.2.